The summed E-state index contributed by atoms with van der Waals surface area (Å²) in [5.41, 5.74) is -0.611. The van der Waals surface area contributed by atoms with E-state index >= 15 is 0 Å². The van der Waals surface area contributed by atoms with Crippen LogP contribution in [0.1, 0.15) is 41.0 Å². The first-order valence-corrected chi connectivity index (χ1v) is 6.46. The Kier molecular flexibility index (Phi) is 7.06. The molecule has 1 amide bonds. The van der Waals surface area contributed by atoms with Crippen molar-refractivity contribution in [2.75, 3.05) is 6.07 Å². The largest absolute Gasteiger partial charge is 0.448 e. The van der Waals surface area contributed by atoms with Gasteiger partial charge >= 0.3 is 12.1 Å². The molecule has 2 atom stereocenters. The molecule has 0 aliphatic rings. The highest BCUT2D eigenvalue weighted by Gasteiger charge is 2.29. The topological polar surface area (TPSA) is 64.6 Å². The van der Waals surface area contributed by atoms with Crippen molar-refractivity contribution in [1.29, 1.82) is 0 Å². The molecule has 0 bridgehead atoms. The van der Waals surface area contributed by atoms with Crippen LogP contribution >= 0.6 is 11.6 Å². The zero-order valence-corrected chi connectivity index (χ0v) is 12.3. The van der Waals surface area contributed by atoms with Crippen LogP contribution in [0.25, 0.3) is 0 Å². The third-order valence-electron chi connectivity index (χ3n) is 2.34. The van der Waals surface area contributed by atoms with Gasteiger partial charge in [-0.15, -0.1) is 0 Å². The molecule has 6 heteroatoms. The van der Waals surface area contributed by atoms with Crippen LogP contribution in [0.3, 0.4) is 0 Å². The van der Waals surface area contributed by atoms with E-state index in [2.05, 4.69) is 5.32 Å². The molecule has 18 heavy (non-hydrogen) atoms. The minimum atomic E-state index is -0.747. The molecule has 0 aliphatic carbocycles. The van der Waals surface area contributed by atoms with Crippen molar-refractivity contribution in [3.8, 4) is 0 Å². The number of ether oxygens (including phenoxy) is 2. The zero-order valence-electron chi connectivity index (χ0n) is 11.6. The van der Waals surface area contributed by atoms with Gasteiger partial charge in [-0.3, -0.25) is 0 Å². The molecule has 0 saturated carbocycles. The first-order valence-electron chi connectivity index (χ1n) is 5.93. The van der Waals surface area contributed by atoms with E-state index in [0.29, 0.717) is 0 Å². The van der Waals surface area contributed by atoms with Crippen molar-refractivity contribution in [2.45, 2.75) is 52.7 Å². The van der Waals surface area contributed by atoms with E-state index < -0.39 is 23.7 Å². The van der Waals surface area contributed by atoms with E-state index in [4.69, 9.17) is 21.1 Å². The van der Waals surface area contributed by atoms with Crippen LogP contribution in [0.4, 0.5) is 4.79 Å². The molecule has 5 nitrogen and oxygen atoms in total. The zero-order chi connectivity index (χ0) is 14.3. The summed E-state index contributed by atoms with van der Waals surface area (Å²) < 4.78 is 9.81. The summed E-state index contributed by atoms with van der Waals surface area (Å²) in [6.07, 6.45) is 0.0806. The van der Waals surface area contributed by atoms with Crippen LogP contribution in [0.15, 0.2) is 0 Å². The lowest BCUT2D eigenvalue weighted by Gasteiger charge is -2.25. The van der Waals surface area contributed by atoms with Gasteiger partial charge in [0, 0.05) is 0 Å². The first kappa shape index (κ1) is 17.0. The Morgan fingerprint density at radius 1 is 1.33 bits per heavy atom. The molecule has 0 aromatic rings. The van der Waals surface area contributed by atoms with Gasteiger partial charge in [0.05, 0.1) is 0 Å². The number of hydrogen-bond donors (Lipinski definition) is 1. The second-order valence-electron chi connectivity index (χ2n) is 5.08. The predicted octanol–water partition coefficient (Wildman–Crippen LogP) is 2.67. The van der Waals surface area contributed by atoms with Gasteiger partial charge < -0.3 is 14.8 Å². The van der Waals surface area contributed by atoms with E-state index in [9.17, 15) is 9.59 Å². The molecular weight excluding hydrogens is 258 g/mol. The van der Waals surface area contributed by atoms with Gasteiger partial charge in [0.2, 0.25) is 0 Å². The number of alkyl halides is 1. The lowest BCUT2D eigenvalue weighted by molar-refractivity contribution is -0.145. The molecule has 0 saturated heterocycles. The van der Waals surface area contributed by atoms with E-state index in [0.717, 1.165) is 6.42 Å². The molecule has 0 aromatic heterocycles. The molecule has 0 aromatic carbocycles. The fourth-order valence-electron chi connectivity index (χ4n) is 1.25. The quantitative estimate of drug-likeness (QED) is 0.621. The lowest BCUT2D eigenvalue weighted by Crippen LogP contribution is -2.47. The fourth-order valence-corrected chi connectivity index (χ4v) is 1.35. The number of amides is 1. The van der Waals surface area contributed by atoms with E-state index in [1.54, 1.807) is 20.8 Å². The van der Waals surface area contributed by atoms with Crippen molar-refractivity contribution >= 4 is 23.7 Å². The third kappa shape index (κ3) is 6.69. The summed E-state index contributed by atoms with van der Waals surface area (Å²) in [7, 11) is 0. The van der Waals surface area contributed by atoms with Crippen molar-refractivity contribution in [3.05, 3.63) is 0 Å². The van der Waals surface area contributed by atoms with Crippen molar-refractivity contribution in [2.24, 2.45) is 5.92 Å². The van der Waals surface area contributed by atoms with Gasteiger partial charge in [0.25, 0.3) is 0 Å². The molecule has 1 N–H and O–H groups in total. The lowest BCUT2D eigenvalue weighted by atomic mass is 9.99. The Morgan fingerprint density at radius 2 is 1.89 bits per heavy atom. The molecule has 0 spiro atoms. The smallest absolute Gasteiger partial charge is 0.408 e. The molecule has 0 heterocycles. The van der Waals surface area contributed by atoms with Gasteiger partial charge in [-0.1, -0.05) is 31.9 Å². The number of nitrogens with one attached hydrogen (secondary N) is 1. The Bertz CT molecular complexity index is 288. The van der Waals surface area contributed by atoms with Gasteiger partial charge in [0.15, 0.2) is 6.07 Å². The fraction of sp³-hybridized carbons (Fsp3) is 0.833. The molecular formula is C12H22ClNO4. The third-order valence-corrected chi connectivity index (χ3v) is 2.45. The highest BCUT2D eigenvalue weighted by atomic mass is 35.5. The maximum Gasteiger partial charge on any atom is 0.408 e. The van der Waals surface area contributed by atoms with E-state index in [1.165, 1.54) is 0 Å². The maximum absolute atomic E-state index is 11.7. The molecule has 106 valence electrons. The van der Waals surface area contributed by atoms with E-state index in [-0.39, 0.29) is 12.0 Å². The van der Waals surface area contributed by atoms with Crippen LogP contribution in [0.2, 0.25) is 0 Å². The molecule has 0 aliphatic heterocycles. The number of rotatable bonds is 5. The maximum atomic E-state index is 11.7. The number of carbonyl (C=O) groups excluding carboxylic acids is 2. The number of carbonyl (C=O) groups is 2. The van der Waals surface area contributed by atoms with E-state index in [1.807, 2.05) is 13.8 Å². The van der Waals surface area contributed by atoms with Crippen LogP contribution in [0.5, 0.6) is 0 Å². The molecule has 0 rings (SSSR count). The minimum absolute atomic E-state index is 0.0618. The summed E-state index contributed by atoms with van der Waals surface area (Å²) in [5.74, 6) is -0.613. The second-order valence-corrected chi connectivity index (χ2v) is 5.30. The Balaban J connectivity index is 4.59. The number of hydrogen-bond acceptors (Lipinski definition) is 4. The Morgan fingerprint density at radius 3 is 2.28 bits per heavy atom. The Labute approximate surface area is 113 Å². The van der Waals surface area contributed by atoms with Crippen LogP contribution in [0, 0.1) is 5.92 Å². The summed E-state index contributed by atoms with van der Waals surface area (Å²) in [4.78, 5) is 23.3. The second kappa shape index (κ2) is 7.46. The summed E-state index contributed by atoms with van der Waals surface area (Å²) >= 11 is 5.34. The number of halogens is 1. The van der Waals surface area contributed by atoms with Crippen LogP contribution in [-0.4, -0.2) is 29.8 Å². The SMILES string of the molecule is CC[C@@H](C)[C@@H](NC(=O)OC(C)(C)C)C(=O)OCCl. The Hall–Kier alpha value is -0.970. The van der Waals surface area contributed by atoms with Crippen molar-refractivity contribution in [3.63, 3.8) is 0 Å². The number of alkyl carbamates (subject to hydrolysis) is 1. The highest BCUT2D eigenvalue weighted by Crippen LogP contribution is 2.12. The predicted molar refractivity (Wildman–Crippen MR) is 69.4 cm³/mol. The minimum Gasteiger partial charge on any atom is -0.448 e. The van der Waals surface area contributed by atoms with Crippen molar-refractivity contribution < 1.29 is 19.1 Å². The summed E-state index contributed by atoms with van der Waals surface area (Å²) in [6, 6.07) is -0.981. The number of esters is 1. The van der Waals surface area contributed by atoms with Gasteiger partial charge in [-0.2, -0.15) is 0 Å². The molecule has 0 radical (unpaired) electrons. The molecule has 0 unspecified atom stereocenters. The van der Waals surface area contributed by atoms with Crippen LogP contribution < -0.4 is 5.32 Å². The average molecular weight is 280 g/mol. The summed E-state index contributed by atoms with van der Waals surface area (Å²) in [6.45, 7) is 9.02. The average Bonchev–Trinajstić information content (AvgIpc) is 2.22. The van der Waals surface area contributed by atoms with Gasteiger partial charge in [-0.25, -0.2) is 9.59 Å². The van der Waals surface area contributed by atoms with Gasteiger partial charge in [0.1, 0.15) is 11.6 Å². The molecule has 0 fully saturated rings. The van der Waals surface area contributed by atoms with Crippen LogP contribution in [-0.2, 0) is 14.3 Å². The summed E-state index contributed by atoms with van der Waals surface area (Å²) in [5, 5.41) is 2.51. The monoisotopic (exact) mass is 279 g/mol. The first-order chi connectivity index (χ1) is 8.21. The highest BCUT2D eigenvalue weighted by molar-refractivity contribution is 6.17. The van der Waals surface area contributed by atoms with Gasteiger partial charge in [-0.05, 0) is 26.7 Å². The standard InChI is InChI=1S/C12H22ClNO4/c1-6-8(2)9(10(15)17-7-13)14-11(16)18-12(3,4)5/h8-9H,6-7H2,1-5H3,(H,14,16)/t8-,9-/m1/s1. The normalized spacial score (nSPS) is 14.6. The van der Waals surface area contributed by atoms with Crippen molar-refractivity contribution in [1.82, 2.24) is 5.32 Å².